The topological polar surface area (TPSA) is 44.8 Å². The summed E-state index contributed by atoms with van der Waals surface area (Å²) in [4.78, 5) is 10.6. The zero-order chi connectivity index (χ0) is 11.8. The van der Waals surface area contributed by atoms with Crippen molar-refractivity contribution in [1.29, 1.82) is 0 Å². The Labute approximate surface area is 95.1 Å². The third-order valence-corrected chi connectivity index (χ3v) is 1.91. The maximum atomic E-state index is 10.6. The van der Waals surface area contributed by atoms with Crippen molar-refractivity contribution in [2.24, 2.45) is 0 Å². The first-order chi connectivity index (χ1) is 7.81. The zero-order valence-electron chi connectivity index (χ0n) is 9.56. The molecular formula is C12H16O4. The SMILES string of the molecule is CCOCOc1ccc(C=O)cc1OCC. The minimum atomic E-state index is 0.178. The average molecular weight is 224 g/mol. The maximum Gasteiger partial charge on any atom is 0.189 e. The average Bonchev–Trinajstić information content (AvgIpc) is 2.31. The summed E-state index contributed by atoms with van der Waals surface area (Å²) in [5, 5.41) is 0. The Morgan fingerprint density at radius 3 is 2.56 bits per heavy atom. The standard InChI is InChI=1S/C12H16O4/c1-3-14-9-16-11-6-5-10(8-13)7-12(11)15-4-2/h5-8H,3-4,9H2,1-2H3. The lowest BCUT2D eigenvalue weighted by Gasteiger charge is -2.11. The highest BCUT2D eigenvalue weighted by Crippen LogP contribution is 2.27. The molecule has 4 nitrogen and oxygen atoms in total. The fraction of sp³-hybridized carbons (Fsp3) is 0.417. The lowest BCUT2D eigenvalue weighted by Crippen LogP contribution is -2.04. The summed E-state index contributed by atoms with van der Waals surface area (Å²) in [5.74, 6) is 1.15. The summed E-state index contributed by atoms with van der Waals surface area (Å²) in [6.45, 7) is 5.06. The fourth-order valence-electron chi connectivity index (χ4n) is 1.17. The van der Waals surface area contributed by atoms with Gasteiger partial charge in [0.05, 0.1) is 6.61 Å². The summed E-state index contributed by atoms with van der Waals surface area (Å²) in [5.41, 5.74) is 0.562. The van der Waals surface area contributed by atoms with Gasteiger partial charge in [-0.2, -0.15) is 0 Å². The monoisotopic (exact) mass is 224 g/mol. The van der Waals surface area contributed by atoms with Gasteiger partial charge in [-0.05, 0) is 32.0 Å². The van der Waals surface area contributed by atoms with Crippen LogP contribution in [-0.4, -0.2) is 26.3 Å². The van der Waals surface area contributed by atoms with Gasteiger partial charge >= 0.3 is 0 Å². The molecule has 0 saturated carbocycles. The van der Waals surface area contributed by atoms with E-state index >= 15 is 0 Å². The molecule has 0 heterocycles. The van der Waals surface area contributed by atoms with Crippen LogP contribution in [0.15, 0.2) is 18.2 Å². The van der Waals surface area contributed by atoms with Crippen LogP contribution in [0, 0.1) is 0 Å². The second-order valence-electron chi connectivity index (χ2n) is 3.01. The normalized spacial score (nSPS) is 9.88. The van der Waals surface area contributed by atoms with Crippen LogP contribution >= 0.6 is 0 Å². The van der Waals surface area contributed by atoms with E-state index in [2.05, 4.69) is 0 Å². The Morgan fingerprint density at radius 2 is 1.94 bits per heavy atom. The third-order valence-electron chi connectivity index (χ3n) is 1.91. The summed E-state index contributed by atoms with van der Waals surface area (Å²) < 4.78 is 15.8. The first-order valence-electron chi connectivity index (χ1n) is 5.24. The largest absolute Gasteiger partial charge is 0.490 e. The Morgan fingerprint density at radius 1 is 1.12 bits per heavy atom. The molecule has 0 radical (unpaired) electrons. The molecule has 0 aliphatic heterocycles. The van der Waals surface area contributed by atoms with Gasteiger partial charge < -0.3 is 14.2 Å². The van der Waals surface area contributed by atoms with Gasteiger partial charge in [0.25, 0.3) is 0 Å². The highest BCUT2D eigenvalue weighted by molar-refractivity contribution is 5.76. The molecule has 0 aliphatic rings. The van der Waals surface area contributed by atoms with Gasteiger partial charge in [0.2, 0.25) is 0 Å². The smallest absolute Gasteiger partial charge is 0.189 e. The molecule has 0 atom stereocenters. The number of hydrogen-bond acceptors (Lipinski definition) is 4. The molecule has 0 aliphatic carbocycles. The number of carbonyl (C=O) groups is 1. The van der Waals surface area contributed by atoms with Gasteiger partial charge in [-0.15, -0.1) is 0 Å². The van der Waals surface area contributed by atoms with Crippen molar-refractivity contribution in [3.05, 3.63) is 23.8 Å². The van der Waals surface area contributed by atoms with E-state index in [0.717, 1.165) is 6.29 Å². The maximum absolute atomic E-state index is 10.6. The van der Waals surface area contributed by atoms with Crippen molar-refractivity contribution in [3.8, 4) is 11.5 Å². The van der Waals surface area contributed by atoms with Crippen molar-refractivity contribution >= 4 is 6.29 Å². The van der Waals surface area contributed by atoms with Gasteiger partial charge in [-0.25, -0.2) is 0 Å². The quantitative estimate of drug-likeness (QED) is 0.405. The van der Waals surface area contributed by atoms with Crippen molar-refractivity contribution in [2.75, 3.05) is 20.0 Å². The van der Waals surface area contributed by atoms with Crippen LogP contribution in [0.2, 0.25) is 0 Å². The zero-order valence-corrected chi connectivity index (χ0v) is 9.56. The predicted molar refractivity (Wildman–Crippen MR) is 60.1 cm³/mol. The van der Waals surface area contributed by atoms with Gasteiger partial charge in [0, 0.05) is 12.2 Å². The van der Waals surface area contributed by atoms with Crippen molar-refractivity contribution in [1.82, 2.24) is 0 Å². The van der Waals surface area contributed by atoms with E-state index in [1.54, 1.807) is 18.2 Å². The molecule has 0 amide bonds. The van der Waals surface area contributed by atoms with E-state index in [1.807, 2.05) is 13.8 Å². The van der Waals surface area contributed by atoms with E-state index in [1.165, 1.54) is 0 Å². The number of aldehydes is 1. The van der Waals surface area contributed by atoms with Gasteiger partial charge in [0.1, 0.15) is 6.29 Å². The summed E-state index contributed by atoms with van der Waals surface area (Å²) in [7, 11) is 0. The van der Waals surface area contributed by atoms with Crippen molar-refractivity contribution in [3.63, 3.8) is 0 Å². The predicted octanol–water partition coefficient (Wildman–Crippen LogP) is 2.27. The van der Waals surface area contributed by atoms with Crippen molar-refractivity contribution < 1.29 is 19.0 Å². The Balaban J connectivity index is 2.76. The van der Waals surface area contributed by atoms with Crippen LogP contribution in [0.5, 0.6) is 11.5 Å². The number of hydrogen-bond donors (Lipinski definition) is 0. The molecule has 0 bridgehead atoms. The second-order valence-corrected chi connectivity index (χ2v) is 3.01. The molecule has 0 unspecified atom stereocenters. The number of carbonyl (C=O) groups excluding carboxylic acids is 1. The fourth-order valence-corrected chi connectivity index (χ4v) is 1.17. The molecule has 88 valence electrons. The molecule has 0 saturated heterocycles. The lowest BCUT2D eigenvalue weighted by molar-refractivity contribution is 0.0206. The number of benzene rings is 1. The highest BCUT2D eigenvalue weighted by atomic mass is 16.7. The molecule has 1 aromatic rings. The van der Waals surface area contributed by atoms with Crippen LogP contribution in [0.3, 0.4) is 0 Å². The number of ether oxygens (including phenoxy) is 3. The molecule has 0 fully saturated rings. The van der Waals surface area contributed by atoms with Gasteiger partial charge in [0.15, 0.2) is 18.3 Å². The van der Waals surface area contributed by atoms with E-state index in [-0.39, 0.29) is 6.79 Å². The Bertz CT molecular complexity index is 336. The molecule has 0 N–H and O–H groups in total. The van der Waals surface area contributed by atoms with Crippen LogP contribution in [-0.2, 0) is 4.74 Å². The molecule has 1 rings (SSSR count). The minimum absolute atomic E-state index is 0.178. The van der Waals surface area contributed by atoms with Crippen LogP contribution < -0.4 is 9.47 Å². The summed E-state index contributed by atoms with van der Waals surface area (Å²) in [6.07, 6.45) is 0.773. The van der Waals surface area contributed by atoms with Crippen LogP contribution in [0.25, 0.3) is 0 Å². The Kier molecular flexibility index (Phi) is 5.36. The van der Waals surface area contributed by atoms with Crippen LogP contribution in [0.1, 0.15) is 24.2 Å². The van der Waals surface area contributed by atoms with Crippen LogP contribution in [0.4, 0.5) is 0 Å². The van der Waals surface area contributed by atoms with Crippen molar-refractivity contribution in [2.45, 2.75) is 13.8 Å². The highest BCUT2D eigenvalue weighted by Gasteiger charge is 2.05. The van der Waals surface area contributed by atoms with E-state index in [0.29, 0.717) is 30.3 Å². The molecule has 1 aromatic carbocycles. The van der Waals surface area contributed by atoms with E-state index in [9.17, 15) is 4.79 Å². The first kappa shape index (κ1) is 12.5. The van der Waals surface area contributed by atoms with E-state index < -0.39 is 0 Å². The third kappa shape index (κ3) is 3.55. The summed E-state index contributed by atoms with van der Waals surface area (Å²) >= 11 is 0. The molecule has 16 heavy (non-hydrogen) atoms. The second kappa shape index (κ2) is 6.85. The van der Waals surface area contributed by atoms with Gasteiger partial charge in [-0.3, -0.25) is 4.79 Å². The first-order valence-corrected chi connectivity index (χ1v) is 5.24. The molecular weight excluding hydrogens is 208 g/mol. The molecule has 0 aromatic heterocycles. The van der Waals surface area contributed by atoms with E-state index in [4.69, 9.17) is 14.2 Å². The number of rotatable bonds is 7. The summed E-state index contributed by atoms with van der Waals surface area (Å²) in [6, 6.07) is 5.03. The molecule has 0 spiro atoms. The minimum Gasteiger partial charge on any atom is -0.490 e. The Hall–Kier alpha value is -1.55. The molecule has 4 heteroatoms. The van der Waals surface area contributed by atoms with Gasteiger partial charge in [-0.1, -0.05) is 0 Å². The lowest BCUT2D eigenvalue weighted by atomic mass is 10.2.